The molecule has 0 aromatic carbocycles. The fourth-order valence-corrected chi connectivity index (χ4v) is 15.9. The highest BCUT2D eigenvalue weighted by Crippen LogP contribution is 2.45. The minimum absolute atomic E-state index is 0.107. The van der Waals surface area contributed by atoms with Gasteiger partial charge >= 0.3 is 39.5 Å². The monoisotopic (exact) mass is 1620 g/mol. The van der Waals surface area contributed by atoms with Gasteiger partial charge in [-0.05, 0) is 49.4 Å². The van der Waals surface area contributed by atoms with Gasteiger partial charge in [-0.3, -0.25) is 37.3 Å². The SMILES string of the molecule is CCC(C)CCCCCCCCCCCCCCCCCCCCC(=O)O[C@H](COC(=O)CCCCCCCCC(C)CC)COP(=O)(O)OC[C@H](O)COP(=O)(O)OC[C@@H](COC(=O)CCCCCCCCCCCCCCCCCCCCC(C)C)OC(=O)CCCCCCCCCCCCCCCCCC(C)C. The molecular formula is C92H180O17P2. The first kappa shape index (κ1) is 109. The number of phosphoric ester groups is 2. The summed E-state index contributed by atoms with van der Waals surface area (Å²) in [6.45, 7) is 14.4. The third-order valence-electron chi connectivity index (χ3n) is 22.3. The number of hydrogen-bond acceptors (Lipinski definition) is 15. The Labute approximate surface area is 683 Å². The third kappa shape index (κ3) is 82.9. The first-order valence-electron chi connectivity index (χ1n) is 47.3. The fraction of sp³-hybridized carbons (Fsp3) is 0.957. The quantitative estimate of drug-likeness (QED) is 0.0222. The van der Waals surface area contributed by atoms with Crippen molar-refractivity contribution in [2.45, 2.75) is 504 Å². The van der Waals surface area contributed by atoms with E-state index >= 15 is 0 Å². The van der Waals surface area contributed by atoms with Crippen molar-refractivity contribution < 1.29 is 80.2 Å². The van der Waals surface area contributed by atoms with Gasteiger partial charge in [0.05, 0.1) is 26.4 Å². The lowest BCUT2D eigenvalue weighted by atomic mass is 9.99. The van der Waals surface area contributed by atoms with Crippen LogP contribution in [-0.2, 0) is 65.4 Å². The zero-order valence-electron chi connectivity index (χ0n) is 73.6. The summed E-state index contributed by atoms with van der Waals surface area (Å²) in [7, 11) is -9.94. The molecule has 0 spiro atoms. The van der Waals surface area contributed by atoms with E-state index in [1.54, 1.807) is 0 Å². The summed E-state index contributed by atoms with van der Waals surface area (Å²) in [5.41, 5.74) is 0. The number of carbonyl (C=O) groups is 4. The lowest BCUT2D eigenvalue weighted by Crippen LogP contribution is -2.30. The summed E-state index contributed by atoms with van der Waals surface area (Å²) in [6.07, 6.45) is 72.3. The highest BCUT2D eigenvalue weighted by molar-refractivity contribution is 7.47. The fourth-order valence-electron chi connectivity index (χ4n) is 14.3. The second kappa shape index (κ2) is 80.5. The molecule has 19 heteroatoms. The molecule has 0 aliphatic rings. The molecule has 0 aromatic rings. The van der Waals surface area contributed by atoms with Gasteiger partial charge in [0.1, 0.15) is 19.3 Å². The zero-order chi connectivity index (χ0) is 81.6. The molecule has 0 aromatic heterocycles. The molecule has 111 heavy (non-hydrogen) atoms. The number of esters is 4. The molecule has 7 atom stereocenters. The Hall–Kier alpha value is -1.94. The summed E-state index contributed by atoms with van der Waals surface area (Å²) in [6, 6.07) is 0. The predicted octanol–water partition coefficient (Wildman–Crippen LogP) is 28.3. The van der Waals surface area contributed by atoms with Crippen LogP contribution in [0.25, 0.3) is 0 Å². The molecule has 0 fully saturated rings. The number of aliphatic hydroxyl groups is 1. The van der Waals surface area contributed by atoms with Crippen LogP contribution in [0, 0.1) is 23.7 Å². The average Bonchev–Trinajstić information content (AvgIpc) is 0.897. The molecule has 0 aliphatic carbocycles. The Balaban J connectivity index is 5.20. The molecule has 0 saturated carbocycles. The van der Waals surface area contributed by atoms with Crippen molar-refractivity contribution in [3.05, 3.63) is 0 Å². The third-order valence-corrected chi connectivity index (χ3v) is 24.2. The highest BCUT2D eigenvalue weighted by atomic mass is 31.2. The number of hydrogen-bond donors (Lipinski definition) is 3. The maximum atomic E-state index is 13.2. The van der Waals surface area contributed by atoms with Crippen molar-refractivity contribution in [3.8, 4) is 0 Å². The van der Waals surface area contributed by atoms with E-state index in [-0.39, 0.29) is 25.7 Å². The second-order valence-electron chi connectivity index (χ2n) is 34.5. The number of unbranched alkanes of at least 4 members (excludes halogenated alkanes) is 53. The smallest absolute Gasteiger partial charge is 0.462 e. The van der Waals surface area contributed by atoms with Crippen molar-refractivity contribution in [2.75, 3.05) is 39.6 Å². The van der Waals surface area contributed by atoms with Crippen LogP contribution >= 0.6 is 15.6 Å². The molecule has 0 rings (SSSR count). The van der Waals surface area contributed by atoms with Crippen LogP contribution in [-0.4, -0.2) is 96.7 Å². The minimum Gasteiger partial charge on any atom is -0.462 e. The van der Waals surface area contributed by atoms with Crippen molar-refractivity contribution in [3.63, 3.8) is 0 Å². The standard InChI is InChI=1S/C92H180O17P2/c1-9-84(7)70-62-54-46-40-34-28-22-16-12-14-18-24-30-36-42-48-58-66-75-92(97)109-88(79-103-90(95)73-65-57-51-50-55-63-71-85(8)10-2)81-107-111(100,101)105-77-86(93)76-104-110(98,99)106-80-87(108-91(96)74-67-59-49-43-37-31-25-19-21-27-33-39-45-53-61-69-83(5)6)78-102-89(94)72-64-56-47-41-35-29-23-17-13-11-15-20-26-32-38-44-52-60-68-82(3)4/h82-88,93H,9-81H2,1-8H3,(H,98,99)(H,100,101)/t84?,85?,86-,87-,88-/m1/s1. The first-order chi connectivity index (χ1) is 53.7. The van der Waals surface area contributed by atoms with Gasteiger partial charge in [0.25, 0.3) is 0 Å². The van der Waals surface area contributed by atoms with Crippen molar-refractivity contribution in [1.82, 2.24) is 0 Å². The van der Waals surface area contributed by atoms with E-state index in [9.17, 15) is 43.2 Å². The summed E-state index contributed by atoms with van der Waals surface area (Å²) >= 11 is 0. The number of aliphatic hydroxyl groups excluding tert-OH is 1. The Bertz CT molecular complexity index is 2150. The Morgan fingerprint density at radius 3 is 0.640 bits per heavy atom. The van der Waals surface area contributed by atoms with Crippen LogP contribution in [0.2, 0.25) is 0 Å². The average molecular weight is 1620 g/mol. The molecule has 3 N–H and O–H groups in total. The number of phosphoric acid groups is 2. The number of carbonyl (C=O) groups excluding carboxylic acids is 4. The van der Waals surface area contributed by atoms with Gasteiger partial charge < -0.3 is 33.8 Å². The van der Waals surface area contributed by atoms with Crippen LogP contribution in [0.4, 0.5) is 0 Å². The summed E-state index contributed by atoms with van der Waals surface area (Å²) < 4.78 is 69.1. The molecule has 0 aliphatic heterocycles. The van der Waals surface area contributed by atoms with Crippen molar-refractivity contribution in [2.24, 2.45) is 23.7 Å². The van der Waals surface area contributed by atoms with E-state index in [4.69, 9.17) is 37.0 Å². The molecule has 0 radical (unpaired) electrons. The maximum Gasteiger partial charge on any atom is 0.472 e. The van der Waals surface area contributed by atoms with E-state index in [0.29, 0.717) is 25.7 Å². The van der Waals surface area contributed by atoms with Crippen molar-refractivity contribution >= 4 is 39.5 Å². The Morgan fingerprint density at radius 2 is 0.432 bits per heavy atom. The lowest BCUT2D eigenvalue weighted by molar-refractivity contribution is -0.161. The second-order valence-corrected chi connectivity index (χ2v) is 37.4. The van der Waals surface area contributed by atoms with Gasteiger partial charge in [-0.25, -0.2) is 9.13 Å². The predicted molar refractivity (Wildman–Crippen MR) is 460 cm³/mol. The molecule has 660 valence electrons. The van der Waals surface area contributed by atoms with Gasteiger partial charge in [0.2, 0.25) is 0 Å². The van der Waals surface area contributed by atoms with E-state index in [2.05, 4.69) is 55.4 Å². The number of rotatable bonds is 89. The van der Waals surface area contributed by atoms with E-state index in [1.807, 2.05) is 0 Å². The largest absolute Gasteiger partial charge is 0.472 e. The van der Waals surface area contributed by atoms with E-state index in [1.165, 1.54) is 283 Å². The number of ether oxygens (including phenoxy) is 4. The van der Waals surface area contributed by atoms with Gasteiger partial charge in [-0.2, -0.15) is 0 Å². The van der Waals surface area contributed by atoms with E-state index < -0.39 is 97.5 Å². The highest BCUT2D eigenvalue weighted by Gasteiger charge is 2.31. The molecule has 0 amide bonds. The molecule has 0 bridgehead atoms. The maximum absolute atomic E-state index is 13.2. The Kier molecular flexibility index (Phi) is 79.1. The zero-order valence-corrected chi connectivity index (χ0v) is 75.4. The summed E-state index contributed by atoms with van der Waals surface area (Å²) in [5, 5.41) is 10.7. The molecule has 17 nitrogen and oxygen atoms in total. The minimum atomic E-state index is -4.97. The molecule has 0 saturated heterocycles. The van der Waals surface area contributed by atoms with Gasteiger partial charge in [0.15, 0.2) is 12.2 Å². The first-order valence-corrected chi connectivity index (χ1v) is 50.3. The van der Waals surface area contributed by atoms with Crippen LogP contribution in [0.15, 0.2) is 0 Å². The van der Waals surface area contributed by atoms with Crippen molar-refractivity contribution in [1.29, 1.82) is 0 Å². The van der Waals surface area contributed by atoms with Gasteiger partial charge in [-0.15, -0.1) is 0 Å². The molecule has 0 heterocycles. The van der Waals surface area contributed by atoms with Crippen LogP contribution in [0.3, 0.4) is 0 Å². The molecule has 4 unspecified atom stereocenters. The normalized spacial score (nSPS) is 14.3. The van der Waals surface area contributed by atoms with Crippen LogP contribution in [0.1, 0.15) is 486 Å². The summed E-state index contributed by atoms with van der Waals surface area (Å²) in [4.78, 5) is 73.4. The Morgan fingerprint density at radius 1 is 0.252 bits per heavy atom. The van der Waals surface area contributed by atoms with Crippen LogP contribution < -0.4 is 0 Å². The van der Waals surface area contributed by atoms with Gasteiger partial charge in [-0.1, -0.05) is 434 Å². The topological polar surface area (TPSA) is 237 Å². The molecular weight excluding hydrogens is 1440 g/mol. The lowest BCUT2D eigenvalue weighted by Gasteiger charge is -2.21. The van der Waals surface area contributed by atoms with Crippen LogP contribution in [0.5, 0.6) is 0 Å². The van der Waals surface area contributed by atoms with Gasteiger partial charge in [0, 0.05) is 25.7 Å². The van der Waals surface area contributed by atoms with E-state index in [0.717, 1.165) is 120 Å². The summed E-state index contributed by atoms with van der Waals surface area (Å²) in [5.74, 6) is 1.13.